The maximum Gasteiger partial charge on any atom is 0.123 e. The predicted molar refractivity (Wildman–Crippen MR) is 83.5 cm³/mol. The van der Waals surface area contributed by atoms with Crippen LogP contribution in [0.25, 0.3) is 0 Å². The molecule has 0 radical (unpaired) electrons. The summed E-state index contributed by atoms with van der Waals surface area (Å²) in [4.78, 5) is 0. The molecule has 3 nitrogen and oxygen atoms in total. The quantitative estimate of drug-likeness (QED) is 0.617. The summed E-state index contributed by atoms with van der Waals surface area (Å²) in [6.45, 7) is 2.57. The Labute approximate surface area is 131 Å². The largest absolute Gasteiger partial charge is 0.376 e. The molecule has 5 heteroatoms. The average molecular weight is 315 g/mol. The van der Waals surface area contributed by atoms with Crippen molar-refractivity contribution in [1.82, 2.24) is 5.43 Å². The van der Waals surface area contributed by atoms with E-state index in [4.69, 9.17) is 22.2 Å². The molecule has 2 rings (SSSR count). The van der Waals surface area contributed by atoms with E-state index >= 15 is 0 Å². The van der Waals surface area contributed by atoms with Gasteiger partial charge in [0.1, 0.15) is 5.82 Å². The van der Waals surface area contributed by atoms with Crippen molar-refractivity contribution in [3.05, 3.63) is 34.6 Å². The van der Waals surface area contributed by atoms with Gasteiger partial charge in [-0.25, -0.2) is 4.39 Å². The molecule has 0 spiro atoms. The van der Waals surface area contributed by atoms with Crippen molar-refractivity contribution < 1.29 is 9.13 Å². The van der Waals surface area contributed by atoms with E-state index in [9.17, 15) is 4.39 Å². The summed E-state index contributed by atoms with van der Waals surface area (Å²) in [6.07, 6.45) is 5.85. The van der Waals surface area contributed by atoms with E-state index in [2.05, 4.69) is 5.43 Å². The molecule has 0 amide bonds. The average Bonchev–Trinajstić information content (AvgIpc) is 2.51. The molecule has 118 valence electrons. The summed E-state index contributed by atoms with van der Waals surface area (Å²) >= 11 is 6.24. The molecule has 1 aromatic rings. The number of rotatable bonds is 6. The van der Waals surface area contributed by atoms with E-state index in [0.717, 1.165) is 12.8 Å². The summed E-state index contributed by atoms with van der Waals surface area (Å²) < 4.78 is 19.5. The van der Waals surface area contributed by atoms with Crippen LogP contribution >= 0.6 is 11.6 Å². The van der Waals surface area contributed by atoms with Gasteiger partial charge in [-0.3, -0.25) is 11.3 Å². The maximum atomic E-state index is 13.6. The van der Waals surface area contributed by atoms with Gasteiger partial charge in [-0.2, -0.15) is 0 Å². The summed E-state index contributed by atoms with van der Waals surface area (Å²) in [7, 11) is 0. The summed E-state index contributed by atoms with van der Waals surface area (Å²) in [5, 5.41) is 0.514. The van der Waals surface area contributed by atoms with Crippen molar-refractivity contribution in [1.29, 1.82) is 0 Å². The van der Waals surface area contributed by atoms with Crippen LogP contribution in [0.3, 0.4) is 0 Å². The molecule has 0 aliphatic heterocycles. The van der Waals surface area contributed by atoms with E-state index in [1.807, 2.05) is 6.92 Å². The minimum atomic E-state index is -0.312. The summed E-state index contributed by atoms with van der Waals surface area (Å²) in [5.41, 5.74) is 3.46. The predicted octanol–water partition coefficient (Wildman–Crippen LogP) is 3.97. The van der Waals surface area contributed by atoms with Crippen molar-refractivity contribution >= 4 is 11.6 Å². The van der Waals surface area contributed by atoms with Gasteiger partial charge in [-0.05, 0) is 49.4 Å². The molecule has 1 saturated carbocycles. The number of hydrogen-bond acceptors (Lipinski definition) is 3. The molecule has 0 saturated heterocycles. The molecular formula is C16H24ClFN2O. The lowest BCUT2D eigenvalue weighted by atomic mass is 9.81. The van der Waals surface area contributed by atoms with Crippen LogP contribution in [0.4, 0.5) is 4.39 Å². The number of nitrogens with one attached hydrogen (secondary N) is 1. The van der Waals surface area contributed by atoms with E-state index in [0.29, 0.717) is 23.1 Å². The standard InChI is InChI=1S/C16H24ClFN2O/c1-2-21-16(11-6-4-3-5-7-11)15(20-19)13-10-12(18)8-9-14(13)17/h8-11,15-16,20H,2-7,19H2,1H3. The zero-order valence-electron chi connectivity index (χ0n) is 12.4. The molecule has 1 aromatic carbocycles. The number of hydrogen-bond donors (Lipinski definition) is 2. The Balaban J connectivity index is 2.27. The second-order valence-corrected chi connectivity index (χ2v) is 6.04. The highest BCUT2D eigenvalue weighted by Gasteiger charge is 2.32. The second kappa shape index (κ2) is 8.08. The van der Waals surface area contributed by atoms with Crippen LogP contribution in [0.1, 0.15) is 50.6 Å². The van der Waals surface area contributed by atoms with Crippen LogP contribution < -0.4 is 11.3 Å². The first-order valence-corrected chi connectivity index (χ1v) is 8.07. The van der Waals surface area contributed by atoms with Crippen molar-refractivity contribution in [2.45, 2.75) is 51.2 Å². The molecule has 21 heavy (non-hydrogen) atoms. The van der Waals surface area contributed by atoms with Crippen molar-refractivity contribution in [2.75, 3.05) is 6.61 Å². The van der Waals surface area contributed by atoms with Gasteiger partial charge in [-0.1, -0.05) is 30.9 Å². The van der Waals surface area contributed by atoms with E-state index in [-0.39, 0.29) is 18.0 Å². The first kappa shape index (κ1) is 16.7. The Morgan fingerprint density at radius 2 is 2.10 bits per heavy atom. The van der Waals surface area contributed by atoms with E-state index in [1.54, 1.807) is 6.07 Å². The van der Waals surface area contributed by atoms with Gasteiger partial charge < -0.3 is 4.74 Å². The molecule has 1 fully saturated rings. The zero-order chi connectivity index (χ0) is 15.2. The monoisotopic (exact) mass is 314 g/mol. The Kier molecular flexibility index (Phi) is 6.42. The second-order valence-electron chi connectivity index (χ2n) is 5.63. The molecule has 3 N–H and O–H groups in total. The fourth-order valence-corrected chi connectivity index (χ4v) is 3.51. The van der Waals surface area contributed by atoms with Crippen LogP contribution in [-0.2, 0) is 4.74 Å². The molecule has 1 aliphatic rings. The first-order valence-electron chi connectivity index (χ1n) is 7.70. The van der Waals surface area contributed by atoms with Crippen LogP contribution in [0.15, 0.2) is 18.2 Å². The van der Waals surface area contributed by atoms with Gasteiger partial charge in [0.05, 0.1) is 12.1 Å². The summed E-state index contributed by atoms with van der Waals surface area (Å²) in [6, 6.07) is 4.08. The Morgan fingerprint density at radius 1 is 1.38 bits per heavy atom. The highest BCUT2D eigenvalue weighted by atomic mass is 35.5. The molecule has 2 unspecified atom stereocenters. The van der Waals surface area contributed by atoms with Gasteiger partial charge in [0.2, 0.25) is 0 Å². The third-order valence-electron chi connectivity index (χ3n) is 4.27. The third-order valence-corrected chi connectivity index (χ3v) is 4.62. The Bertz CT molecular complexity index is 452. The van der Waals surface area contributed by atoms with Crippen molar-refractivity contribution in [2.24, 2.45) is 11.8 Å². The number of benzene rings is 1. The number of ether oxygens (including phenoxy) is 1. The van der Waals surface area contributed by atoms with E-state index < -0.39 is 0 Å². The molecule has 2 atom stereocenters. The van der Waals surface area contributed by atoms with Crippen LogP contribution in [0, 0.1) is 11.7 Å². The SMILES string of the molecule is CCOC(C1CCCCC1)C(NN)c1cc(F)ccc1Cl. The van der Waals surface area contributed by atoms with Gasteiger partial charge in [0.25, 0.3) is 0 Å². The molecule has 0 bridgehead atoms. The zero-order valence-corrected chi connectivity index (χ0v) is 13.2. The lowest BCUT2D eigenvalue weighted by Crippen LogP contribution is -2.42. The van der Waals surface area contributed by atoms with Gasteiger partial charge in [-0.15, -0.1) is 0 Å². The Morgan fingerprint density at radius 3 is 2.71 bits per heavy atom. The van der Waals surface area contributed by atoms with Crippen LogP contribution in [0.5, 0.6) is 0 Å². The van der Waals surface area contributed by atoms with Crippen LogP contribution in [0.2, 0.25) is 5.02 Å². The topological polar surface area (TPSA) is 47.3 Å². The smallest absolute Gasteiger partial charge is 0.123 e. The molecule has 0 heterocycles. The molecule has 1 aliphatic carbocycles. The highest BCUT2D eigenvalue weighted by Crippen LogP contribution is 2.36. The van der Waals surface area contributed by atoms with E-state index in [1.165, 1.54) is 31.4 Å². The van der Waals surface area contributed by atoms with Gasteiger partial charge in [0.15, 0.2) is 0 Å². The Hall–Kier alpha value is -0.680. The van der Waals surface area contributed by atoms with Crippen molar-refractivity contribution in [3.63, 3.8) is 0 Å². The summed E-state index contributed by atoms with van der Waals surface area (Å²) in [5.74, 6) is 5.87. The number of hydrazine groups is 1. The molecular weight excluding hydrogens is 291 g/mol. The number of halogens is 2. The fraction of sp³-hybridized carbons (Fsp3) is 0.625. The molecule has 0 aromatic heterocycles. The maximum absolute atomic E-state index is 13.6. The highest BCUT2D eigenvalue weighted by molar-refractivity contribution is 6.31. The minimum absolute atomic E-state index is 0.0837. The third kappa shape index (κ3) is 4.16. The number of nitrogens with two attached hydrogens (primary N) is 1. The van der Waals surface area contributed by atoms with Crippen LogP contribution in [-0.4, -0.2) is 12.7 Å². The minimum Gasteiger partial charge on any atom is -0.376 e. The van der Waals surface area contributed by atoms with Crippen molar-refractivity contribution in [3.8, 4) is 0 Å². The van der Waals surface area contributed by atoms with Gasteiger partial charge >= 0.3 is 0 Å². The fourth-order valence-electron chi connectivity index (χ4n) is 3.27. The first-order chi connectivity index (χ1) is 10.2. The lowest BCUT2D eigenvalue weighted by Gasteiger charge is -2.35. The normalized spacial score (nSPS) is 19.4. The van der Waals surface area contributed by atoms with Gasteiger partial charge in [0, 0.05) is 11.6 Å². The lowest BCUT2D eigenvalue weighted by molar-refractivity contribution is -0.0184.